The van der Waals surface area contributed by atoms with E-state index in [1.165, 1.54) is 0 Å². The number of nitrogens with one attached hydrogen (secondary N) is 2. The van der Waals surface area contributed by atoms with Crippen LogP contribution in [0.2, 0.25) is 5.02 Å². The molecule has 2 aromatic rings. The van der Waals surface area contributed by atoms with Crippen molar-refractivity contribution in [2.45, 2.75) is 45.1 Å². The van der Waals surface area contributed by atoms with E-state index in [1.54, 1.807) is 25.3 Å². The van der Waals surface area contributed by atoms with Gasteiger partial charge < -0.3 is 25.6 Å². The predicted molar refractivity (Wildman–Crippen MR) is 133 cm³/mol. The van der Waals surface area contributed by atoms with E-state index in [0.29, 0.717) is 48.0 Å². The summed E-state index contributed by atoms with van der Waals surface area (Å²) in [7, 11) is 1.62. The second-order valence-corrected chi connectivity index (χ2v) is 9.28. The molecule has 0 saturated heterocycles. The second kappa shape index (κ2) is 12.1. The lowest BCUT2D eigenvalue weighted by molar-refractivity contribution is -0.143. The first-order chi connectivity index (χ1) is 16.3. The molecule has 3 rings (SSSR count). The number of halogens is 1. The standard InChI is InChI=1S/C26H33ClN2O5/c1-16(21-13-17(11-12-30)5-10-24(21)34-2)29-23-9-8-20(14-22(23)27)25(31)28-15-18-3-6-19(7-4-18)26(32)33/h5,8-10,13-14,16,18-19,29-30H,3-4,6-7,11-12,15H2,1-2H3,(H,28,31)(H,32,33)/t16?,18-,19-. The number of carbonyl (C=O) groups excluding carboxylic acids is 1. The van der Waals surface area contributed by atoms with Gasteiger partial charge in [0.25, 0.3) is 5.91 Å². The maximum absolute atomic E-state index is 12.6. The molecule has 0 aliphatic heterocycles. The van der Waals surface area contributed by atoms with Crippen molar-refractivity contribution in [1.82, 2.24) is 5.32 Å². The Bertz CT molecular complexity index is 1000. The summed E-state index contributed by atoms with van der Waals surface area (Å²) in [5.41, 5.74) is 3.14. The third-order valence-corrected chi connectivity index (χ3v) is 6.82. The van der Waals surface area contributed by atoms with E-state index < -0.39 is 5.97 Å². The summed E-state index contributed by atoms with van der Waals surface area (Å²) in [5, 5.41) is 25.1. The van der Waals surface area contributed by atoms with Gasteiger partial charge in [-0.3, -0.25) is 9.59 Å². The largest absolute Gasteiger partial charge is 0.496 e. The lowest BCUT2D eigenvalue weighted by Crippen LogP contribution is -2.32. The zero-order chi connectivity index (χ0) is 24.7. The van der Waals surface area contributed by atoms with Gasteiger partial charge in [0.1, 0.15) is 5.75 Å². The van der Waals surface area contributed by atoms with Crippen molar-refractivity contribution in [2.24, 2.45) is 11.8 Å². The molecule has 1 aliphatic rings. The van der Waals surface area contributed by atoms with Gasteiger partial charge in [0.05, 0.1) is 29.8 Å². The van der Waals surface area contributed by atoms with E-state index in [2.05, 4.69) is 10.6 Å². The average Bonchev–Trinajstić information content (AvgIpc) is 2.84. The summed E-state index contributed by atoms with van der Waals surface area (Å²) >= 11 is 6.49. The van der Waals surface area contributed by atoms with E-state index in [-0.39, 0.29) is 24.5 Å². The molecule has 1 aliphatic carbocycles. The molecule has 0 radical (unpaired) electrons. The zero-order valence-electron chi connectivity index (χ0n) is 19.6. The minimum absolute atomic E-state index is 0.0759. The van der Waals surface area contributed by atoms with Crippen molar-refractivity contribution in [3.8, 4) is 5.75 Å². The van der Waals surface area contributed by atoms with Gasteiger partial charge >= 0.3 is 5.97 Å². The fraction of sp³-hybridized carbons (Fsp3) is 0.462. The fourth-order valence-electron chi connectivity index (χ4n) is 4.44. The van der Waals surface area contributed by atoms with Gasteiger partial charge in [0.15, 0.2) is 0 Å². The maximum Gasteiger partial charge on any atom is 0.306 e. The average molecular weight is 489 g/mol. The second-order valence-electron chi connectivity index (χ2n) is 8.88. The SMILES string of the molecule is COc1ccc(CCO)cc1C(C)Nc1ccc(C(=O)NC[C@H]2CC[C@H](C(=O)O)CC2)cc1Cl. The van der Waals surface area contributed by atoms with E-state index >= 15 is 0 Å². The topological polar surface area (TPSA) is 108 Å². The number of carboxylic acid groups (broad SMARTS) is 1. The van der Waals surface area contributed by atoms with Crippen molar-refractivity contribution in [3.05, 3.63) is 58.1 Å². The van der Waals surface area contributed by atoms with Gasteiger partial charge in [-0.25, -0.2) is 0 Å². The van der Waals surface area contributed by atoms with Crippen molar-refractivity contribution in [1.29, 1.82) is 0 Å². The Labute approximate surface area is 205 Å². The summed E-state index contributed by atoms with van der Waals surface area (Å²) in [6.45, 7) is 2.60. The van der Waals surface area contributed by atoms with Crippen molar-refractivity contribution in [3.63, 3.8) is 0 Å². The number of carboxylic acids is 1. The first-order valence-electron chi connectivity index (χ1n) is 11.7. The third-order valence-electron chi connectivity index (χ3n) is 6.51. The molecule has 7 nitrogen and oxygen atoms in total. The molecular formula is C26H33ClN2O5. The number of aliphatic hydroxyl groups is 1. The van der Waals surface area contributed by atoms with Crippen LogP contribution in [0.1, 0.15) is 60.1 Å². The van der Waals surface area contributed by atoms with Crippen LogP contribution in [0.15, 0.2) is 36.4 Å². The van der Waals surface area contributed by atoms with Gasteiger partial charge in [-0.05, 0) is 80.8 Å². The normalized spacial score (nSPS) is 18.7. The Balaban J connectivity index is 1.60. The number of rotatable bonds is 10. The minimum Gasteiger partial charge on any atom is -0.496 e. The Kier molecular flexibility index (Phi) is 9.19. The molecule has 1 atom stereocenters. The van der Waals surface area contributed by atoms with Crippen LogP contribution in [0.25, 0.3) is 0 Å². The third kappa shape index (κ3) is 6.64. The van der Waals surface area contributed by atoms with Gasteiger partial charge in [-0.1, -0.05) is 17.7 Å². The number of hydrogen-bond acceptors (Lipinski definition) is 5. The monoisotopic (exact) mass is 488 g/mol. The molecule has 0 heterocycles. The number of carbonyl (C=O) groups is 2. The maximum atomic E-state index is 12.6. The highest BCUT2D eigenvalue weighted by molar-refractivity contribution is 6.33. The number of amides is 1. The van der Waals surface area contributed by atoms with E-state index in [1.807, 2.05) is 25.1 Å². The Hall–Kier alpha value is -2.77. The zero-order valence-corrected chi connectivity index (χ0v) is 20.4. The summed E-state index contributed by atoms with van der Waals surface area (Å²) in [5.74, 6) is -0.137. The molecule has 1 fully saturated rings. The molecule has 1 unspecified atom stereocenters. The fourth-order valence-corrected chi connectivity index (χ4v) is 4.68. The smallest absolute Gasteiger partial charge is 0.306 e. The Morgan fingerprint density at radius 1 is 1.15 bits per heavy atom. The van der Waals surface area contributed by atoms with E-state index in [4.69, 9.17) is 21.4 Å². The summed E-state index contributed by atoms with van der Waals surface area (Å²) in [6.07, 6.45) is 3.50. The Morgan fingerprint density at radius 2 is 1.88 bits per heavy atom. The van der Waals surface area contributed by atoms with Gasteiger partial charge in [0.2, 0.25) is 0 Å². The number of benzene rings is 2. The van der Waals surface area contributed by atoms with Crippen molar-refractivity contribution < 1.29 is 24.5 Å². The van der Waals surface area contributed by atoms with Gasteiger partial charge in [-0.2, -0.15) is 0 Å². The summed E-state index contributed by atoms with van der Waals surface area (Å²) in [6, 6.07) is 10.9. The molecule has 8 heteroatoms. The number of hydrogen-bond donors (Lipinski definition) is 4. The summed E-state index contributed by atoms with van der Waals surface area (Å²) in [4.78, 5) is 23.7. The number of aliphatic carboxylic acids is 1. The molecular weight excluding hydrogens is 456 g/mol. The first kappa shape index (κ1) is 25.8. The predicted octanol–water partition coefficient (Wildman–Crippen LogP) is 4.68. The Morgan fingerprint density at radius 3 is 2.50 bits per heavy atom. The van der Waals surface area contributed by atoms with E-state index in [9.17, 15) is 14.7 Å². The number of anilines is 1. The van der Waals surface area contributed by atoms with Crippen LogP contribution in [-0.2, 0) is 11.2 Å². The first-order valence-corrected chi connectivity index (χ1v) is 12.0. The number of aliphatic hydroxyl groups excluding tert-OH is 1. The molecule has 184 valence electrons. The molecule has 1 amide bonds. The number of ether oxygens (including phenoxy) is 1. The quantitative estimate of drug-likeness (QED) is 0.387. The lowest BCUT2D eigenvalue weighted by Gasteiger charge is -2.26. The highest BCUT2D eigenvalue weighted by Gasteiger charge is 2.26. The minimum atomic E-state index is -0.726. The van der Waals surface area contributed by atoms with Crippen LogP contribution in [0, 0.1) is 11.8 Å². The molecule has 1 saturated carbocycles. The van der Waals surface area contributed by atoms with Crippen LogP contribution in [0.3, 0.4) is 0 Å². The van der Waals surface area contributed by atoms with Crippen LogP contribution in [0.5, 0.6) is 5.75 Å². The van der Waals surface area contributed by atoms with Crippen LogP contribution in [-0.4, -0.2) is 42.4 Å². The van der Waals surface area contributed by atoms with Crippen molar-refractivity contribution >= 4 is 29.2 Å². The summed E-state index contributed by atoms with van der Waals surface area (Å²) < 4.78 is 5.50. The lowest BCUT2D eigenvalue weighted by atomic mass is 9.82. The molecule has 0 aromatic heterocycles. The van der Waals surface area contributed by atoms with E-state index in [0.717, 1.165) is 29.7 Å². The molecule has 0 spiro atoms. The highest BCUT2D eigenvalue weighted by atomic mass is 35.5. The highest BCUT2D eigenvalue weighted by Crippen LogP contribution is 2.32. The van der Waals surface area contributed by atoms with Gasteiger partial charge in [-0.15, -0.1) is 0 Å². The molecule has 34 heavy (non-hydrogen) atoms. The van der Waals surface area contributed by atoms with Crippen LogP contribution < -0.4 is 15.4 Å². The van der Waals surface area contributed by atoms with Crippen LogP contribution in [0.4, 0.5) is 5.69 Å². The van der Waals surface area contributed by atoms with Gasteiger partial charge in [0, 0.05) is 24.3 Å². The molecule has 4 N–H and O–H groups in total. The molecule has 0 bridgehead atoms. The molecule has 2 aromatic carbocycles. The van der Waals surface area contributed by atoms with Crippen molar-refractivity contribution in [2.75, 3.05) is 25.6 Å². The number of methoxy groups -OCH3 is 1. The van der Waals surface area contributed by atoms with Crippen LogP contribution >= 0.6 is 11.6 Å².